The second kappa shape index (κ2) is 9.00. The van der Waals surface area contributed by atoms with Crippen LogP contribution in [0.4, 0.5) is 0 Å². The summed E-state index contributed by atoms with van der Waals surface area (Å²) in [5.41, 5.74) is 10.8. The first kappa shape index (κ1) is 17.9. The van der Waals surface area contributed by atoms with Crippen molar-refractivity contribution in [3.8, 4) is 0 Å². The van der Waals surface area contributed by atoms with E-state index in [0.717, 1.165) is 39.0 Å². The maximum atomic E-state index is 12.1. The number of hydrogen-bond acceptors (Lipinski definition) is 4. The fourth-order valence-electron chi connectivity index (χ4n) is 2.83. The lowest BCUT2D eigenvalue weighted by atomic mass is 9.95. The highest BCUT2D eigenvalue weighted by Crippen LogP contribution is 2.19. The van der Waals surface area contributed by atoms with Gasteiger partial charge in [-0.25, -0.2) is 0 Å². The van der Waals surface area contributed by atoms with E-state index >= 15 is 0 Å². The molecule has 6 nitrogen and oxygen atoms in total. The molecular weight excluding hydrogens is 268 g/mol. The van der Waals surface area contributed by atoms with Crippen LogP contribution in [-0.4, -0.2) is 60.9 Å². The number of rotatable bonds is 8. The molecule has 0 spiro atoms. The Bertz CT molecular complexity index is 341. The zero-order valence-corrected chi connectivity index (χ0v) is 13.4. The SMILES string of the molecule is CCCCN(C)CC1CCN(C(=O)C(N)CC(N)=O)CC1. The first-order valence-corrected chi connectivity index (χ1v) is 7.95. The van der Waals surface area contributed by atoms with Crippen LogP contribution in [0.25, 0.3) is 0 Å². The number of carbonyl (C=O) groups is 2. The number of likely N-dealkylation sites (tertiary alicyclic amines) is 1. The van der Waals surface area contributed by atoms with Crippen LogP contribution in [0.2, 0.25) is 0 Å². The van der Waals surface area contributed by atoms with E-state index in [-0.39, 0.29) is 12.3 Å². The van der Waals surface area contributed by atoms with Crippen LogP contribution in [-0.2, 0) is 9.59 Å². The number of carbonyl (C=O) groups excluding carboxylic acids is 2. The van der Waals surface area contributed by atoms with Gasteiger partial charge in [0.1, 0.15) is 0 Å². The number of nitrogens with two attached hydrogens (primary N) is 2. The van der Waals surface area contributed by atoms with Crippen LogP contribution in [0.3, 0.4) is 0 Å². The number of piperidine rings is 1. The highest BCUT2D eigenvalue weighted by molar-refractivity contribution is 5.87. The van der Waals surface area contributed by atoms with Crippen molar-refractivity contribution in [2.45, 2.75) is 45.1 Å². The molecule has 21 heavy (non-hydrogen) atoms. The fourth-order valence-corrected chi connectivity index (χ4v) is 2.83. The van der Waals surface area contributed by atoms with Gasteiger partial charge in [0.15, 0.2) is 0 Å². The average molecular weight is 298 g/mol. The molecule has 1 fully saturated rings. The summed E-state index contributed by atoms with van der Waals surface area (Å²) in [6.45, 7) is 5.90. The first-order valence-electron chi connectivity index (χ1n) is 7.95. The molecule has 0 aliphatic carbocycles. The molecule has 2 amide bonds. The molecule has 0 aromatic rings. The normalized spacial score (nSPS) is 18.0. The van der Waals surface area contributed by atoms with Gasteiger partial charge in [-0.3, -0.25) is 9.59 Å². The Balaban J connectivity index is 2.31. The van der Waals surface area contributed by atoms with Crippen LogP contribution in [0, 0.1) is 5.92 Å². The van der Waals surface area contributed by atoms with Crippen molar-refractivity contribution in [3.63, 3.8) is 0 Å². The number of amides is 2. The lowest BCUT2D eigenvalue weighted by molar-refractivity contribution is -0.136. The van der Waals surface area contributed by atoms with Crippen molar-refractivity contribution in [1.82, 2.24) is 9.80 Å². The Labute approximate surface area is 127 Å². The summed E-state index contributed by atoms with van der Waals surface area (Å²) in [4.78, 5) is 27.1. The third kappa shape index (κ3) is 6.44. The highest BCUT2D eigenvalue weighted by Gasteiger charge is 2.27. The van der Waals surface area contributed by atoms with Gasteiger partial charge in [-0.05, 0) is 38.8 Å². The third-order valence-corrected chi connectivity index (χ3v) is 4.13. The highest BCUT2D eigenvalue weighted by atomic mass is 16.2. The molecule has 1 rings (SSSR count). The Morgan fingerprint density at radius 3 is 2.48 bits per heavy atom. The second-order valence-electron chi connectivity index (χ2n) is 6.16. The summed E-state index contributed by atoms with van der Waals surface area (Å²) < 4.78 is 0. The number of nitrogens with zero attached hydrogens (tertiary/aromatic N) is 2. The summed E-state index contributed by atoms with van der Waals surface area (Å²) in [5.74, 6) is -0.0295. The van der Waals surface area contributed by atoms with Crippen LogP contribution < -0.4 is 11.5 Å². The zero-order chi connectivity index (χ0) is 15.8. The van der Waals surface area contributed by atoms with E-state index in [2.05, 4.69) is 18.9 Å². The lowest BCUT2D eigenvalue weighted by Gasteiger charge is -2.35. The van der Waals surface area contributed by atoms with Crippen molar-refractivity contribution in [2.24, 2.45) is 17.4 Å². The molecule has 6 heteroatoms. The molecule has 1 heterocycles. The molecule has 0 aromatic carbocycles. The molecule has 122 valence electrons. The molecule has 0 saturated carbocycles. The number of hydrogen-bond donors (Lipinski definition) is 2. The van der Waals surface area contributed by atoms with E-state index in [9.17, 15) is 9.59 Å². The van der Waals surface area contributed by atoms with E-state index in [1.165, 1.54) is 12.8 Å². The number of primary amides is 1. The van der Waals surface area contributed by atoms with Gasteiger partial charge in [0.25, 0.3) is 0 Å². The summed E-state index contributed by atoms with van der Waals surface area (Å²) >= 11 is 0. The van der Waals surface area contributed by atoms with E-state index in [1.807, 2.05) is 0 Å². The average Bonchev–Trinajstić information content (AvgIpc) is 2.44. The predicted molar refractivity (Wildman–Crippen MR) is 83.5 cm³/mol. The van der Waals surface area contributed by atoms with Crippen molar-refractivity contribution in [2.75, 3.05) is 33.2 Å². The molecule has 0 bridgehead atoms. The molecule has 1 aliphatic heterocycles. The van der Waals surface area contributed by atoms with Gasteiger partial charge >= 0.3 is 0 Å². The Morgan fingerprint density at radius 1 is 1.33 bits per heavy atom. The Hall–Kier alpha value is -1.14. The monoisotopic (exact) mass is 298 g/mol. The first-order chi connectivity index (χ1) is 9.93. The van der Waals surface area contributed by atoms with Gasteiger partial charge in [0.2, 0.25) is 11.8 Å². The maximum absolute atomic E-state index is 12.1. The van der Waals surface area contributed by atoms with Crippen molar-refractivity contribution >= 4 is 11.8 Å². The van der Waals surface area contributed by atoms with Crippen LogP contribution in [0.1, 0.15) is 39.0 Å². The van der Waals surface area contributed by atoms with Gasteiger partial charge in [0.05, 0.1) is 12.5 Å². The minimum atomic E-state index is -0.786. The molecule has 1 atom stereocenters. The lowest BCUT2D eigenvalue weighted by Crippen LogP contribution is -2.49. The topological polar surface area (TPSA) is 92.7 Å². The zero-order valence-electron chi connectivity index (χ0n) is 13.4. The molecule has 0 aromatic heterocycles. The minimum Gasteiger partial charge on any atom is -0.370 e. The van der Waals surface area contributed by atoms with Crippen LogP contribution >= 0.6 is 0 Å². The minimum absolute atomic E-state index is 0.0709. The van der Waals surface area contributed by atoms with Gasteiger partial charge in [-0.2, -0.15) is 0 Å². The third-order valence-electron chi connectivity index (χ3n) is 4.13. The van der Waals surface area contributed by atoms with Gasteiger partial charge in [-0.15, -0.1) is 0 Å². The van der Waals surface area contributed by atoms with E-state index in [4.69, 9.17) is 11.5 Å². The largest absolute Gasteiger partial charge is 0.370 e. The molecular formula is C15H30N4O2. The van der Waals surface area contributed by atoms with E-state index < -0.39 is 11.9 Å². The molecule has 1 aliphatic rings. The second-order valence-corrected chi connectivity index (χ2v) is 6.16. The quantitative estimate of drug-likeness (QED) is 0.667. The maximum Gasteiger partial charge on any atom is 0.240 e. The van der Waals surface area contributed by atoms with Gasteiger partial charge in [0, 0.05) is 19.6 Å². The predicted octanol–water partition coefficient (Wildman–Crippen LogP) is 0.160. The Morgan fingerprint density at radius 2 is 1.95 bits per heavy atom. The van der Waals surface area contributed by atoms with E-state index in [1.54, 1.807) is 4.90 Å². The molecule has 1 saturated heterocycles. The van der Waals surface area contributed by atoms with Crippen LogP contribution in [0.5, 0.6) is 0 Å². The Kier molecular flexibility index (Phi) is 7.67. The van der Waals surface area contributed by atoms with Crippen LogP contribution in [0.15, 0.2) is 0 Å². The smallest absolute Gasteiger partial charge is 0.240 e. The summed E-state index contributed by atoms with van der Waals surface area (Å²) in [6.07, 6.45) is 4.39. The summed E-state index contributed by atoms with van der Waals surface area (Å²) in [5, 5.41) is 0. The fraction of sp³-hybridized carbons (Fsp3) is 0.867. The number of unbranched alkanes of at least 4 members (excludes halogenated alkanes) is 1. The van der Waals surface area contributed by atoms with E-state index in [0.29, 0.717) is 5.92 Å². The van der Waals surface area contributed by atoms with Gasteiger partial charge < -0.3 is 21.3 Å². The van der Waals surface area contributed by atoms with Crippen molar-refractivity contribution < 1.29 is 9.59 Å². The van der Waals surface area contributed by atoms with Gasteiger partial charge in [-0.1, -0.05) is 13.3 Å². The molecule has 4 N–H and O–H groups in total. The van der Waals surface area contributed by atoms with Crippen molar-refractivity contribution in [3.05, 3.63) is 0 Å². The van der Waals surface area contributed by atoms with Crippen molar-refractivity contribution in [1.29, 1.82) is 0 Å². The standard InChI is InChI=1S/C15H30N4O2/c1-3-4-7-18(2)11-12-5-8-19(9-6-12)15(21)13(16)10-14(17)20/h12-13H,3-11,16H2,1-2H3,(H2,17,20). The molecule has 0 radical (unpaired) electrons. The summed E-state index contributed by atoms with van der Waals surface area (Å²) in [6, 6.07) is -0.786. The molecule has 1 unspecified atom stereocenters. The summed E-state index contributed by atoms with van der Waals surface area (Å²) in [7, 11) is 2.16.